The number of ether oxygens (including phenoxy) is 2. The van der Waals surface area contributed by atoms with Gasteiger partial charge < -0.3 is 14.8 Å². The molecule has 1 aromatic rings. The van der Waals surface area contributed by atoms with Crippen LogP contribution in [0, 0.1) is 0 Å². The van der Waals surface area contributed by atoms with Crippen LogP contribution < -0.4 is 20.2 Å². The first kappa shape index (κ1) is 18.5. The van der Waals surface area contributed by atoms with Crippen LogP contribution in [-0.2, 0) is 6.42 Å². The van der Waals surface area contributed by atoms with E-state index < -0.39 is 0 Å². The summed E-state index contributed by atoms with van der Waals surface area (Å²) in [5.74, 6) is 1.46. The molecular weight excluding hydrogens is 322 g/mol. The van der Waals surface area contributed by atoms with E-state index in [1.165, 1.54) is 32.1 Å². The minimum absolute atomic E-state index is 0.486. The van der Waals surface area contributed by atoms with E-state index in [1.54, 1.807) is 14.2 Å². The molecular formula is C18H27N3O2S. The zero-order chi connectivity index (χ0) is 17.4. The van der Waals surface area contributed by atoms with Crippen molar-refractivity contribution in [1.82, 2.24) is 10.7 Å². The molecule has 6 heteroatoms. The summed E-state index contributed by atoms with van der Waals surface area (Å²) in [5, 5.41) is 8.33. The van der Waals surface area contributed by atoms with Gasteiger partial charge in [-0.3, -0.25) is 5.43 Å². The van der Waals surface area contributed by atoms with Crippen LogP contribution in [0.5, 0.6) is 11.5 Å². The van der Waals surface area contributed by atoms with Gasteiger partial charge in [-0.2, -0.15) is 5.10 Å². The number of hydrogen-bond donors (Lipinski definition) is 2. The van der Waals surface area contributed by atoms with Crippen molar-refractivity contribution in [3.63, 3.8) is 0 Å². The molecule has 0 radical (unpaired) electrons. The number of nitrogens with one attached hydrogen (secondary N) is 2. The molecule has 0 aliphatic heterocycles. The summed E-state index contributed by atoms with van der Waals surface area (Å²) >= 11 is 5.32. The third-order valence-corrected chi connectivity index (χ3v) is 4.41. The molecule has 24 heavy (non-hydrogen) atoms. The SMILES string of the molecule is COc1ccc(C/C(C)=N\NC(=S)NC2CCCCC2)cc1OC. The molecule has 2 rings (SSSR count). The van der Waals surface area contributed by atoms with Crippen molar-refractivity contribution in [3.8, 4) is 11.5 Å². The van der Waals surface area contributed by atoms with Gasteiger partial charge >= 0.3 is 0 Å². The molecule has 1 aliphatic carbocycles. The van der Waals surface area contributed by atoms with E-state index in [0.717, 1.165) is 29.2 Å². The second-order valence-electron chi connectivity index (χ2n) is 6.13. The number of methoxy groups -OCH3 is 2. The van der Waals surface area contributed by atoms with E-state index in [0.29, 0.717) is 11.2 Å². The Morgan fingerprint density at radius 2 is 1.88 bits per heavy atom. The van der Waals surface area contributed by atoms with Crippen molar-refractivity contribution in [2.75, 3.05) is 14.2 Å². The molecule has 2 N–H and O–H groups in total. The van der Waals surface area contributed by atoms with Crippen LogP contribution in [0.15, 0.2) is 23.3 Å². The third-order valence-electron chi connectivity index (χ3n) is 4.20. The Bertz CT molecular complexity index is 584. The largest absolute Gasteiger partial charge is 0.493 e. The highest BCUT2D eigenvalue weighted by atomic mass is 32.1. The van der Waals surface area contributed by atoms with Gasteiger partial charge in [0, 0.05) is 18.2 Å². The standard InChI is InChI=1S/C18H27N3O2S/c1-13(11-14-9-10-16(22-2)17(12-14)23-3)20-21-18(24)19-15-7-5-4-6-8-15/h9-10,12,15H,4-8,11H2,1-3H3,(H2,19,21,24)/b20-13-. The van der Waals surface area contributed by atoms with Crippen LogP contribution in [0.3, 0.4) is 0 Å². The van der Waals surface area contributed by atoms with Crippen LogP contribution in [0.2, 0.25) is 0 Å². The summed E-state index contributed by atoms with van der Waals surface area (Å²) in [6, 6.07) is 6.37. The van der Waals surface area contributed by atoms with Gasteiger partial charge in [-0.05, 0) is 49.7 Å². The summed E-state index contributed by atoms with van der Waals surface area (Å²) in [6.45, 7) is 1.98. The summed E-state index contributed by atoms with van der Waals surface area (Å²) in [4.78, 5) is 0. The van der Waals surface area contributed by atoms with Gasteiger partial charge in [0.25, 0.3) is 0 Å². The lowest BCUT2D eigenvalue weighted by Crippen LogP contribution is -2.41. The highest BCUT2D eigenvalue weighted by molar-refractivity contribution is 7.80. The predicted octanol–water partition coefficient (Wildman–Crippen LogP) is 3.42. The third kappa shape index (κ3) is 5.67. The maximum absolute atomic E-state index is 5.33. The van der Waals surface area contributed by atoms with E-state index in [1.807, 2.05) is 25.1 Å². The lowest BCUT2D eigenvalue weighted by molar-refractivity contribution is 0.354. The van der Waals surface area contributed by atoms with Crippen LogP contribution in [0.1, 0.15) is 44.6 Å². The topological polar surface area (TPSA) is 54.9 Å². The average Bonchev–Trinajstić information content (AvgIpc) is 2.60. The Morgan fingerprint density at radius 1 is 1.17 bits per heavy atom. The molecule has 0 amide bonds. The molecule has 0 atom stereocenters. The van der Waals surface area contributed by atoms with Crippen LogP contribution in [0.4, 0.5) is 0 Å². The molecule has 0 unspecified atom stereocenters. The number of hydrogen-bond acceptors (Lipinski definition) is 4. The quantitative estimate of drug-likeness (QED) is 0.468. The van der Waals surface area contributed by atoms with E-state index >= 15 is 0 Å². The van der Waals surface area contributed by atoms with Gasteiger partial charge in [-0.15, -0.1) is 0 Å². The predicted molar refractivity (Wildman–Crippen MR) is 102 cm³/mol. The van der Waals surface area contributed by atoms with Crippen molar-refractivity contribution in [3.05, 3.63) is 23.8 Å². The fourth-order valence-corrected chi connectivity index (χ4v) is 3.15. The number of thiocarbonyl (C=S) groups is 1. The molecule has 132 valence electrons. The van der Waals surface area contributed by atoms with Crippen molar-refractivity contribution in [1.29, 1.82) is 0 Å². The van der Waals surface area contributed by atoms with Gasteiger partial charge in [-0.1, -0.05) is 25.3 Å². The van der Waals surface area contributed by atoms with Crippen molar-refractivity contribution < 1.29 is 9.47 Å². The molecule has 0 heterocycles. The lowest BCUT2D eigenvalue weighted by atomic mass is 9.96. The second-order valence-corrected chi connectivity index (χ2v) is 6.54. The number of rotatable bonds is 6. The van der Waals surface area contributed by atoms with Gasteiger partial charge in [0.2, 0.25) is 0 Å². The zero-order valence-corrected chi connectivity index (χ0v) is 15.5. The average molecular weight is 350 g/mol. The lowest BCUT2D eigenvalue weighted by Gasteiger charge is -2.23. The summed E-state index contributed by atoms with van der Waals surface area (Å²) in [7, 11) is 3.27. The smallest absolute Gasteiger partial charge is 0.187 e. The summed E-state index contributed by atoms with van der Waals surface area (Å²) in [6.07, 6.45) is 7.00. The Labute approximate surface area is 149 Å². The molecule has 0 bridgehead atoms. The van der Waals surface area contributed by atoms with Gasteiger partial charge in [0.05, 0.1) is 14.2 Å². The van der Waals surface area contributed by atoms with Crippen LogP contribution in [0.25, 0.3) is 0 Å². The van der Waals surface area contributed by atoms with E-state index in [9.17, 15) is 0 Å². The fourth-order valence-electron chi connectivity index (χ4n) is 2.94. The van der Waals surface area contributed by atoms with Crippen molar-refractivity contribution in [2.45, 2.75) is 51.5 Å². The Kier molecular flexibility index (Phi) is 7.31. The molecule has 1 aliphatic rings. The monoisotopic (exact) mass is 349 g/mol. The number of hydrazone groups is 1. The minimum atomic E-state index is 0.486. The Morgan fingerprint density at radius 3 is 2.54 bits per heavy atom. The Balaban J connectivity index is 1.85. The van der Waals surface area contributed by atoms with Gasteiger partial charge in [-0.25, -0.2) is 0 Å². The van der Waals surface area contributed by atoms with Gasteiger partial charge in [0.1, 0.15) is 0 Å². The first-order valence-corrected chi connectivity index (χ1v) is 8.83. The Hall–Kier alpha value is -1.82. The van der Waals surface area contributed by atoms with Crippen molar-refractivity contribution in [2.24, 2.45) is 5.10 Å². The molecule has 1 saturated carbocycles. The number of nitrogens with zero attached hydrogens (tertiary/aromatic N) is 1. The normalized spacial score (nSPS) is 15.7. The summed E-state index contributed by atoms with van der Waals surface area (Å²) in [5.41, 5.74) is 5.02. The van der Waals surface area contributed by atoms with E-state index in [-0.39, 0.29) is 0 Å². The molecule has 1 fully saturated rings. The van der Waals surface area contributed by atoms with Gasteiger partial charge in [0.15, 0.2) is 16.6 Å². The van der Waals surface area contributed by atoms with E-state index in [2.05, 4.69) is 15.8 Å². The molecule has 5 nitrogen and oxygen atoms in total. The molecule has 0 spiro atoms. The maximum Gasteiger partial charge on any atom is 0.187 e. The first-order valence-electron chi connectivity index (χ1n) is 8.43. The number of benzene rings is 1. The van der Waals surface area contributed by atoms with E-state index in [4.69, 9.17) is 21.7 Å². The van der Waals surface area contributed by atoms with Crippen LogP contribution in [-0.4, -0.2) is 31.1 Å². The van der Waals surface area contributed by atoms with Crippen LogP contribution >= 0.6 is 12.2 Å². The maximum atomic E-state index is 5.33. The highest BCUT2D eigenvalue weighted by Gasteiger charge is 2.13. The fraction of sp³-hybridized carbons (Fsp3) is 0.556. The molecule has 0 aromatic heterocycles. The first-order chi connectivity index (χ1) is 11.6. The van der Waals surface area contributed by atoms with Crippen molar-refractivity contribution >= 4 is 23.0 Å². The molecule has 1 aromatic carbocycles. The summed E-state index contributed by atoms with van der Waals surface area (Å²) < 4.78 is 10.6. The zero-order valence-electron chi connectivity index (χ0n) is 14.7. The highest BCUT2D eigenvalue weighted by Crippen LogP contribution is 2.27. The second kappa shape index (κ2) is 9.47. The minimum Gasteiger partial charge on any atom is -0.493 e. The molecule has 0 saturated heterocycles.